The maximum absolute atomic E-state index is 13.7. The fraction of sp³-hybridized carbons (Fsp3) is 0.441. The molecule has 8 nitrogen and oxygen atoms in total. The Hall–Kier alpha value is -3.24. The molecule has 0 spiro atoms. The molecular formula is C34H42N4O4S. The SMILES string of the molecule is CN(C)C(=O)c1ccc(-c2cccc(-c3nc(C(=O)NC4CCCC4)cc4c3[C@H](CCO)N([S+]([O-])C(C)(C)C)C4)c2)cc1. The average molecular weight is 603 g/mol. The zero-order valence-electron chi connectivity index (χ0n) is 25.7. The van der Waals surface area contributed by atoms with Crippen LogP contribution in [-0.2, 0) is 17.9 Å². The zero-order valence-corrected chi connectivity index (χ0v) is 26.5. The minimum atomic E-state index is -1.34. The molecule has 1 unspecified atom stereocenters. The summed E-state index contributed by atoms with van der Waals surface area (Å²) in [5, 5.41) is 13.2. The van der Waals surface area contributed by atoms with E-state index >= 15 is 0 Å². The number of aliphatic hydroxyl groups excluding tert-OH is 1. The molecule has 9 heteroatoms. The number of pyridine rings is 1. The van der Waals surface area contributed by atoms with Gasteiger partial charge in [-0.1, -0.05) is 43.2 Å². The van der Waals surface area contributed by atoms with Gasteiger partial charge in [0.05, 0.1) is 18.3 Å². The van der Waals surface area contributed by atoms with Gasteiger partial charge in [0, 0.05) is 54.8 Å². The summed E-state index contributed by atoms with van der Waals surface area (Å²) in [6.07, 6.45) is 4.57. The van der Waals surface area contributed by atoms with Gasteiger partial charge in [0.1, 0.15) is 10.4 Å². The van der Waals surface area contributed by atoms with Gasteiger partial charge in [0.25, 0.3) is 11.8 Å². The number of carbonyl (C=O) groups is 2. The summed E-state index contributed by atoms with van der Waals surface area (Å²) in [6.45, 7) is 6.18. The van der Waals surface area contributed by atoms with E-state index in [0.717, 1.165) is 53.5 Å². The van der Waals surface area contributed by atoms with Crippen molar-refractivity contribution in [1.29, 1.82) is 0 Å². The van der Waals surface area contributed by atoms with Crippen molar-refractivity contribution in [2.24, 2.45) is 0 Å². The van der Waals surface area contributed by atoms with Crippen LogP contribution in [-0.4, -0.2) is 67.2 Å². The number of nitrogens with one attached hydrogen (secondary N) is 1. The molecule has 1 fully saturated rings. The summed E-state index contributed by atoms with van der Waals surface area (Å²) in [5.74, 6) is -0.248. The molecule has 2 aliphatic rings. The Labute approximate surface area is 257 Å². The monoisotopic (exact) mass is 602 g/mol. The van der Waals surface area contributed by atoms with Crippen molar-refractivity contribution < 1.29 is 19.2 Å². The lowest BCUT2D eigenvalue weighted by atomic mass is 9.94. The fourth-order valence-corrected chi connectivity index (χ4v) is 7.45. The van der Waals surface area contributed by atoms with Crippen LogP contribution in [0.5, 0.6) is 0 Å². The first-order chi connectivity index (χ1) is 20.5. The van der Waals surface area contributed by atoms with Gasteiger partial charge in [0.15, 0.2) is 0 Å². The standard InChI is InChI=1S/C34H42N4O4S/c1-34(2,3)43(42)38-21-26-20-28(32(40)35-27-11-6-7-12-27)36-31(30(26)29(38)17-18-39)25-10-8-9-24(19-25)22-13-15-23(16-14-22)33(41)37(4)5/h8-10,13-16,19-20,27,29,39H,6-7,11-12,17-18,21H2,1-5H3,(H,35,40)/t29-,43?/m0/s1. The quantitative estimate of drug-likeness (QED) is 0.330. The summed E-state index contributed by atoms with van der Waals surface area (Å²) < 4.78 is 15.1. The van der Waals surface area contributed by atoms with E-state index in [4.69, 9.17) is 4.98 Å². The molecule has 0 saturated heterocycles. The van der Waals surface area contributed by atoms with Crippen molar-refractivity contribution in [3.63, 3.8) is 0 Å². The van der Waals surface area contributed by atoms with Crippen LogP contribution in [0.2, 0.25) is 0 Å². The Morgan fingerprint density at radius 3 is 2.35 bits per heavy atom. The van der Waals surface area contributed by atoms with Crippen LogP contribution in [0.3, 0.4) is 0 Å². The highest BCUT2D eigenvalue weighted by molar-refractivity contribution is 7.90. The molecular weight excluding hydrogens is 560 g/mol. The molecule has 2 aromatic carbocycles. The fourth-order valence-electron chi connectivity index (χ4n) is 6.04. The van der Waals surface area contributed by atoms with Gasteiger partial charge >= 0.3 is 0 Å². The predicted octanol–water partition coefficient (Wildman–Crippen LogP) is 5.49. The van der Waals surface area contributed by atoms with Gasteiger partial charge in [0.2, 0.25) is 0 Å². The lowest BCUT2D eigenvalue weighted by Gasteiger charge is -2.33. The second kappa shape index (κ2) is 12.8. The first kappa shape index (κ1) is 31.2. The van der Waals surface area contributed by atoms with Crippen LogP contribution in [0.15, 0.2) is 54.6 Å². The van der Waals surface area contributed by atoms with E-state index in [-0.39, 0.29) is 30.5 Å². The lowest BCUT2D eigenvalue weighted by molar-refractivity contribution is 0.0827. The van der Waals surface area contributed by atoms with Crippen molar-refractivity contribution in [3.05, 3.63) is 77.0 Å². The Morgan fingerprint density at radius 2 is 1.72 bits per heavy atom. The van der Waals surface area contributed by atoms with Crippen molar-refractivity contribution in [2.45, 2.75) is 76.3 Å². The van der Waals surface area contributed by atoms with Gasteiger partial charge < -0.3 is 19.9 Å². The molecule has 2 N–H and O–H groups in total. The van der Waals surface area contributed by atoms with Crippen molar-refractivity contribution in [3.8, 4) is 22.4 Å². The van der Waals surface area contributed by atoms with E-state index in [1.165, 1.54) is 0 Å². The number of nitrogens with zero attached hydrogens (tertiary/aromatic N) is 3. The topological polar surface area (TPSA) is 109 Å². The molecule has 5 rings (SSSR count). The van der Waals surface area contributed by atoms with Gasteiger partial charge in [-0.05, 0) is 81.0 Å². The van der Waals surface area contributed by atoms with Gasteiger partial charge in [-0.2, -0.15) is 0 Å². The van der Waals surface area contributed by atoms with Crippen LogP contribution >= 0.6 is 0 Å². The molecule has 43 heavy (non-hydrogen) atoms. The molecule has 0 radical (unpaired) electrons. The third kappa shape index (κ3) is 6.65. The van der Waals surface area contributed by atoms with Gasteiger partial charge in [-0.3, -0.25) is 9.59 Å². The molecule has 1 aliphatic heterocycles. The number of aliphatic hydroxyl groups is 1. The van der Waals surface area contributed by atoms with Crippen LogP contribution in [0.1, 0.15) is 90.9 Å². The predicted molar refractivity (Wildman–Crippen MR) is 171 cm³/mol. The second-order valence-electron chi connectivity index (χ2n) is 12.7. The third-order valence-corrected chi connectivity index (χ3v) is 10.1. The minimum absolute atomic E-state index is 0.0557. The number of hydrogen-bond acceptors (Lipinski definition) is 6. The number of hydrogen-bond donors (Lipinski definition) is 2. The van der Waals surface area contributed by atoms with E-state index < -0.39 is 16.1 Å². The highest BCUT2D eigenvalue weighted by atomic mass is 32.2. The molecule has 228 valence electrons. The van der Waals surface area contributed by atoms with Crippen molar-refractivity contribution in [2.75, 3.05) is 20.7 Å². The van der Waals surface area contributed by atoms with Gasteiger partial charge in [-0.15, -0.1) is 4.31 Å². The van der Waals surface area contributed by atoms with Crippen LogP contribution in [0.4, 0.5) is 0 Å². The van der Waals surface area contributed by atoms with Crippen LogP contribution < -0.4 is 5.32 Å². The molecule has 2 amide bonds. The number of rotatable bonds is 8. The highest BCUT2D eigenvalue weighted by Gasteiger charge is 2.45. The largest absolute Gasteiger partial charge is 0.597 e. The maximum atomic E-state index is 13.7. The first-order valence-corrected chi connectivity index (χ1v) is 16.1. The summed E-state index contributed by atoms with van der Waals surface area (Å²) in [6, 6.07) is 17.2. The zero-order chi connectivity index (χ0) is 30.9. The van der Waals surface area contributed by atoms with E-state index in [1.54, 1.807) is 19.0 Å². The summed E-state index contributed by atoms with van der Waals surface area (Å²) in [7, 11) is 3.46. The molecule has 1 aromatic heterocycles. The van der Waals surface area contributed by atoms with Gasteiger partial charge in [-0.25, -0.2) is 4.98 Å². The van der Waals surface area contributed by atoms with E-state index in [2.05, 4.69) is 5.32 Å². The Morgan fingerprint density at radius 1 is 1.05 bits per heavy atom. The minimum Gasteiger partial charge on any atom is -0.597 e. The Bertz CT molecular complexity index is 1480. The Kier molecular flexibility index (Phi) is 9.27. The number of amides is 2. The molecule has 1 saturated carbocycles. The smallest absolute Gasteiger partial charge is 0.270 e. The third-order valence-electron chi connectivity index (χ3n) is 8.22. The van der Waals surface area contributed by atoms with Crippen molar-refractivity contribution >= 4 is 23.2 Å². The number of benzene rings is 2. The number of carbonyl (C=O) groups excluding carboxylic acids is 2. The highest BCUT2D eigenvalue weighted by Crippen LogP contribution is 2.45. The normalized spacial score (nSPS) is 18.0. The molecule has 0 bridgehead atoms. The summed E-state index contributed by atoms with van der Waals surface area (Å²) in [4.78, 5) is 32.4. The number of fused-ring (bicyclic) bond motifs is 1. The Balaban J connectivity index is 1.59. The lowest BCUT2D eigenvalue weighted by Crippen LogP contribution is -2.42. The molecule has 1 aliphatic carbocycles. The van der Waals surface area contributed by atoms with E-state index in [0.29, 0.717) is 29.9 Å². The van der Waals surface area contributed by atoms with Crippen LogP contribution in [0, 0.1) is 0 Å². The molecule has 3 aromatic rings. The van der Waals surface area contributed by atoms with Crippen molar-refractivity contribution in [1.82, 2.24) is 19.5 Å². The molecule has 2 heterocycles. The summed E-state index contributed by atoms with van der Waals surface area (Å²) in [5.41, 5.74) is 6.19. The number of aromatic nitrogens is 1. The van der Waals surface area contributed by atoms with E-state index in [9.17, 15) is 19.2 Å². The first-order valence-electron chi connectivity index (χ1n) is 15.0. The molecule has 2 atom stereocenters. The van der Waals surface area contributed by atoms with Crippen LogP contribution in [0.25, 0.3) is 22.4 Å². The second-order valence-corrected chi connectivity index (χ2v) is 14.9. The van der Waals surface area contributed by atoms with E-state index in [1.807, 2.05) is 79.7 Å². The summed E-state index contributed by atoms with van der Waals surface area (Å²) >= 11 is -1.34. The average Bonchev–Trinajstić information content (AvgIpc) is 3.63. The maximum Gasteiger partial charge on any atom is 0.270 e.